The van der Waals surface area contributed by atoms with E-state index in [0.29, 0.717) is 12.8 Å². The number of rotatable bonds is 4. The highest BCUT2D eigenvalue weighted by molar-refractivity contribution is 5.90. The molecule has 0 aromatic rings. The van der Waals surface area contributed by atoms with Gasteiger partial charge in [-0.2, -0.15) is 0 Å². The van der Waals surface area contributed by atoms with E-state index in [4.69, 9.17) is 4.74 Å². The molecule has 0 aliphatic heterocycles. The largest absolute Gasteiger partial charge is 0.435 e. The Bertz CT molecular complexity index is 299. The van der Waals surface area contributed by atoms with Crippen LogP contribution < -0.4 is 0 Å². The number of nitrogens with zero attached hydrogens (tertiary/aromatic N) is 1. The van der Waals surface area contributed by atoms with E-state index in [-0.39, 0.29) is 24.0 Å². The lowest BCUT2D eigenvalue weighted by molar-refractivity contribution is -0.128. The molecule has 1 fully saturated rings. The number of amides is 1. The predicted molar refractivity (Wildman–Crippen MR) is 77.2 cm³/mol. The third-order valence-electron chi connectivity index (χ3n) is 2.95. The van der Waals surface area contributed by atoms with Gasteiger partial charge in [-0.1, -0.05) is 20.3 Å². The SMILES string of the molecule is CC(=O)C1(OC(=O)N(C(C)C)C(C)C)CC1.CCC. The lowest BCUT2D eigenvalue weighted by Gasteiger charge is -2.31. The van der Waals surface area contributed by atoms with Gasteiger partial charge < -0.3 is 9.64 Å². The highest BCUT2D eigenvalue weighted by Crippen LogP contribution is 2.41. The first-order valence-corrected chi connectivity index (χ1v) is 7.24. The zero-order chi connectivity index (χ0) is 15.2. The Kier molecular flexibility index (Phi) is 7.09. The number of Topliss-reactive ketones (excluding diaryl/α,β-unsaturated/α-hetero) is 1. The molecule has 0 saturated heterocycles. The number of ketones is 1. The van der Waals surface area contributed by atoms with Crippen LogP contribution in [0, 0.1) is 0 Å². The van der Waals surface area contributed by atoms with Gasteiger partial charge in [-0.3, -0.25) is 4.79 Å². The number of ether oxygens (including phenoxy) is 1. The van der Waals surface area contributed by atoms with Crippen molar-refractivity contribution in [2.24, 2.45) is 0 Å². The van der Waals surface area contributed by atoms with Crippen molar-refractivity contribution < 1.29 is 14.3 Å². The predicted octanol–water partition coefficient (Wildman–Crippen LogP) is 3.78. The first kappa shape index (κ1) is 17.9. The van der Waals surface area contributed by atoms with Gasteiger partial charge in [-0.15, -0.1) is 0 Å². The fourth-order valence-corrected chi connectivity index (χ4v) is 1.88. The molecule has 0 heterocycles. The smallest absolute Gasteiger partial charge is 0.411 e. The van der Waals surface area contributed by atoms with Gasteiger partial charge in [0.1, 0.15) is 0 Å². The zero-order valence-electron chi connectivity index (χ0n) is 13.4. The van der Waals surface area contributed by atoms with Gasteiger partial charge in [0.2, 0.25) is 0 Å². The van der Waals surface area contributed by atoms with Crippen molar-refractivity contribution >= 4 is 11.9 Å². The van der Waals surface area contributed by atoms with E-state index in [0.717, 1.165) is 0 Å². The van der Waals surface area contributed by atoms with Gasteiger partial charge >= 0.3 is 6.09 Å². The minimum Gasteiger partial charge on any atom is -0.435 e. The molecule has 19 heavy (non-hydrogen) atoms. The lowest BCUT2D eigenvalue weighted by Crippen LogP contribution is -2.45. The second-order valence-electron chi connectivity index (χ2n) is 5.72. The Balaban J connectivity index is 0.000000982. The number of hydrogen-bond donors (Lipinski definition) is 0. The highest BCUT2D eigenvalue weighted by Gasteiger charge is 2.52. The summed E-state index contributed by atoms with van der Waals surface area (Å²) in [5.74, 6) is -0.0479. The van der Waals surface area contributed by atoms with E-state index in [1.54, 1.807) is 4.90 Å². The summed E-state index contributed by atoms with van der Waals surface area (Å²) in [6, 6.07) is 0.158. The van der Waals surface area contributed by atoms with Gasteiger partial charge in [0.15, 0.2) is 11.4 Å². The minimum absolute atomic E-state index is 0.0479. The van der Waals surface area contributed by atoms with E-state index >= 15 is 0 Å². The molecule has 1 aliphatic rings. The summed E-state index contributed by atoms with van der Waals surface area (Å²) >= 11 is 0. The minimum atomic E-state index is -0.806. The molecule has 1 rings (SSSR count). The molecule has 1 aliphatic carbocycles. The van der Waals surface area contributed by atoms with Crippen LogP contribution in [0.2, 0.25) is 0 Å². The average Bonchev–Trinajstić information content (AvgIpc) is 2.98. The molecule has 1 amide bonds. The summed E-state index contributed by atoms with van der Waals surface area (Å²) in [4.78, 5) is 24.9. The van der Waals surface area contributed by atoms with Crippen molar-refractivity contribution in [3.63, 3.8) is 0 Å². The summed E-state index contributed by atoms with van der Waals surface area (Å²) in [5, 5.41) is 0. The number of carbonyl (C=O) groups excluding carboxylic acids is 2. The van der Waals surface area contributed by atoms with E-state index in [1.807, 2.05) is 27.7 Å². The molecule has 0 spiro atoms. The third-order valence-corrected chi connectivity index (χ3v) is 2.95. The van der Waals surface area contributed by atoms with Gasteiger partial charge in [0, 0.05) is 12.1 Å². The molecule has 0 unspecified atom stereocenters. The molecule has 0 bridgehead atoms. The maximum absolute atomic E-state index is 11.9. The van der Waals surface area contributed by atoms with Gasteiger partial charge in [-0.05, 0) is 47.5 Å². The molecule has 0 aromatic heterocycles. The molecular formula is C15H29NO3. The molecule has 0 aromatic carbocycles. The monoisotopic (exact) mass is 271 g/mol. The van der Waals surface area contributed by atoms with Crippen LogP contribution in [0.4, 0.5) is 4.79 Å². The third kappa shape index (κ3) is 5.21. The van der Waals surface area contributed by atoms with E-state index < -0.39 is 5.60 Å². The summed E-state index contributed by atoms with van der Waals surface area (Å²) in [7, 11) is 0. The standard InChI is InChI=1S/C12H21NO3.C3H8/c1-8(2)13(9(3)4)11(15)16-12(6-7-12)10(5)14;1-3-2/h8-9H,6-7H2,1-5H3;3H2,1-2H3. The highest BCUT2D eigenvalue weighted by atomic mass is 16.6. The van der Waals surface area contributed by atoms with Crippen molar-refractivity contribution in [3.05, 3.63) is 0 Å². The second kappa shape index (κ2) is 7.51. The first-order valence-electron chi connectivity index (χ1n) is 7.24. The van der Waals surface area contributed by atoms with Crippen LogP contribution in [0.3, 0.4) is 0 Å². The Labute approximate surface area is 117 Å². The van der Waals surface area contributed by atoms with Crippen LogP contribution in [-0.4, -0.2) is 34.5 Å². The van der Waals surface area contributed by atoms with Crippen LogP contribution in [0.1, 0.15) is 67.7 Å². The molecule has 4 nitrogen and oxygen atoms in total. The number of hydrogen-bond acceptors (Lipinski definition) is 3. The summed E-state index contributed by atoms with van der Waals surface area (Å²) in [6.45, 7) is 13.5. The maximum Gasteiger partial charge on any atom is 0.411 e. The van der Waals surface area contributed by atoms with Crippen LogP contribution in [-0.2, 0) is 9.53 Å². The Morgan fingerprint density at radius 2 is 1.47 bits per heavy atom. The zero-order valence-corrected chi connectivity index (χ0v) is 13.4. The average molecular weight is 271 g/mol. The fourth-order valence-electron chi connectivity index (χ4n) is 1.88. The number of carbonyl (C=O) groups is 2. The van der Waals surface area contributed by atoms with Gasteiger partial charge in [0.25, 0.3) is 0 Å². The topological polar surface area (TPSA) is 46.6 Å². The fraction of sp³-hybridized carbons (Fsp3) is 0.867. The van der Waals surface area contributed by atoms with Crippen LogP contribution in [0.5, 0.6) is 0 Å². The summed E-state index contributed by atoms with van der Waals surface area (Å²) in [5.41, 5.74) is -0.806. The summed E-state index contributed by atoms with van der Waals surface area (Å²) < 4.78 is 5.33. The van der Waals surface area contributed by atoms with Crippen LogP contribution >= 0.6 is 0 Å². The molecule has 4 heteroatoms. The Morgan fingerprint density at radius 1 is 1.11 bits per heavy atom. The van der Waals surface area contributed by atoms with Crippen molar-refractivity contribution in [1.29, 1.82) is 0 Å². The lowest BCUT2D eigenvalue weighted by atomic mass is 10.2. The molecular weight excluding hydrogens is 242 g/mol. The van der Waals surface area contributed by atoms with E-state index in [1.165, 1.54) is 13.3 Å². The maximum atomic E-state index is 11.9. The van der Waals surface area contributed by atoms with Crippen LogP contribution in [0.25, 0.3) is 0 Å². The molecule has 0 radical (unpaired) electrons. The Morgan fingerprint density at radius 3 is 1.68 bits per heavy atom. The Hall–Kier alpha value is -1.06. The second-order valence-corrected chi connectivity index (χ2v) is 5.72. The molecule has 0 atom stereocenters. The molecule has 1 saturated carbocycles. The molecule has 112 valence electrons. The van der Waals surface area contributed by atoms with Crippen molar-refractivity contribution in [2.75, 3.05) is 0 Å². The quantitative estimate of drug-likeness (QED) is 0.781. The first-order chi connectivity index (χ1) is 8.71. The summed E-state index contributed by atoms with van der Waals surface area (Å²) in [6.07, 6.45) is 2.20. The van der Waals surface area contributed by atoms with Crippen molar-refractivity contribution in [3.8, 4) is 0 Å². The molecule has 0 N–H and O–H groups in total. The van der Waals surface area contributed by atoms with Gasteiger partial charge in [-0.25, -0.2) is 4.79 Å². The van der Waals surface area contributed by atoms with Crippen molar-refractivity contribution in [1.82, 2.24) is 4.90 Å². The normalized spacial score (nSPS) is 15.6. The van der Waals surface area contributed by atoms with Crippen LogP contribution in [0.15, 0.2) is 0 Å². The van der Waals surface area contributed by atoms with Gasteiger partial charge in [0.05, 0.1) is 0 Å². The van der Waals surface area contributed by atoms with E-state index in [9.17, 15) is 9.59 Å². The van der Waals surface area contributed by atoms with E-state index in [2.05, 4.69) is 13.8 Å². The van der Waals surface area contributed by atoms with Crippen molar-refractivity contribution in [2.45, 2.75) is 85.4 Å².